The first kappa shape index (κ1) is 23.2. The summed E-state index contributed by atoms with van der Waals surface area (Å²) in [7, 11) is 0. The Balaban J connectivity index is 1.66. The molecule has 0 radical (unpaired) electrons. The van der Waals surface area contributed by atoms with Crippen LogP contribution in [0, 0.1) is 0 Å². The van der Waals surface area contributed by atoms with Gasteiger partial charge in [0.2, 0.25) is 0 Å². The number of carbonyl (C=O) groups excluding carboxylic acids is 3. The highest BCUT2D eigenvalue weighted by Crippen LogP contribution is 2.31. The Morgan fingerprint density at radius 2 is 1.39 bits per heavy atom. The quantitative estimate of drug-likeness (QED) is 0.308. The number of nitrogens with zero attached hydrogens (tertiary/aromatic N) is 1. The van der Waals surface area contributed by atoms with Gasteiger partial charge in [0, 0.05) is 11.3 Å². The maximum absolute atomic E-state index is 13.0. The van der Waals surface area contributed by atoms with Crippen LogP contribution in [0.4, 0.5) is 24.5 Å². The highest BCUT2D eigenvalue weighted by Gasteiger charge is 2.32. The standard InChI is InChI=1S/C23H17F3N4O3/c24-23(25,26)18-12-6-4-8-15(18)14-27-30-22(33)21(32)29-19-13-7-5-11-17(19)20(31)28-16-9-2-1-3-10-16/h1-14H,(H,28,31)(H,29,32)(H,30,33). The Morgan fingerprint density at radius 1 is 0.758 bits per heavy atom. The third-order valence-electron chi connectivity index (χ3n) is 4.29. The fourth-order valence-corrected chi connectivity index (χ4v) is 2.77. The van der Waals surface area contributed by atoms with E-state index in [9.17, 15) is 27.6 Å². The largest absolute Gasteiger partial charge is 0.417 e. The van der Waals surface area contributed by atoms with Crippen LogP contribution in [0.5, 0.6) is 0 Å². The van der Waals surface area contributed by atoms with Gasteiger partial charge in [-0.3, -0.25) is 14.4 Å². The van der Waals surface area contributed by atoms with Crippen LogP contribution in [-0.2, 0) is 15.8 Å². The predicted octanol–water partition coefficient (Wildman–Crippen LogP) is 4.05. The highest BCUT2D eigenvalue weighted by molar-refractivity contribution is 6.40. The minimum Gasteiger partial charge on any atom is -0.322 e. The van der Waals surface area contributed by atoms with E-state index in [1.165, 1.54) is 30.3 Å². The number of hydrogen-bond acceptors (Lipinski definition) is 4. The molecular formula is C23H17F3N4O3. The molecule has 0 aliphatic rings. The lowest BCUT2D eigenvalue weighted by atomic mass is 10.1. The van der Waals surface area contributed by atoms with Crippen molar-refractivity contribution in [3.8, 4) is 0 Å². The van der Waals surface area contributed by atoms with Crippen LogP contribution in [-0.4, -0.2) is 23.9 Å². The Bertz CT molecular complexity index is 1190. The van der Waals surface area contributed by atoms with E-state index in [0.29, 0.717) is 5.69 Å². The summed E-state index contributed by atoms with van der Waals surface area (Å²) in [6.07, 6.45) is -3.82. The number of carbonyl (C=O) groups is 3. The van der Waals surface area contributed by atoms with Crippen molar-refractivity contribution >= 4 is 35.3 Å². The topological polar surface area (TPSA) is 99.7 Å². The Morgan fingerprint density at radius 3 is 2.12 bits per heavy atom. The molecule has 0 aliphatic carbocycles. The number of anilines is 2. The second-order valence-corrected chi connectivity index (χ2v) is 6.60. The molecule has 0 fully saturated rings. The van der Waals surface area contributed by atoms with Gasteiger partial charge >= 0.3 is 18.0 Å². The summed E-state index contributed by atoms with van der Waals surface area (Å²) in [5.74, 6) is -2.90. The molecule has 3 aromatic carbocycles. The molecule has 0 heterocycles. The molecule has 0 bridgehead atoms. The van der Waals surface area contributed by atoms with Crippen LogP contribution in [0.3, 0.4) is 0 Å². The second-order valence-electron chi connectivity index (χ2n) is 6.60. The van der Waals surface area contributed by atoms with Crippen molar-refractivity contribution in [1.82, 2.24) is 5.43 Å². The summed E-state index contributed by atoms with van der Waals surface area (Å²) in [6, 6.07) is 19.3. The van der Waals surface area contributed by atoms with Crippen molar-refractivity contribution in [3.05, 3.63) is 95.6 Å². The van der Waals surface area contributed by atoms with Gasteiger partial charge < -0.3 is 10.6 Å². The third-order valence-corrected chi connectivity index (χ3v) is 4.29. The van der Waals surface area contributed by atoms with Crippen LogP contribution < -0.4 is 16.1 Å². The Hall–Kier alpha value is -4.47. The van der Waals surface area contributed by atoms with Crippen molar-refractivity contribution in [2.75, 3.05) is 10.6 Å². The van der Waals surface area contributed by atoms with E-state index < -0.39 is 29.5 Å². The van der Waals surface area contributed by atoms with E-state index in [1.807, 2.05) is 5.43 Å². The van der Waals surface area contributed by atoms with Gasteiger partial charge in [-0.05, 0) is 30.3 Å². The first-order chi connectivity index (χ1) is 15.8. The summed E-state index contributed by atoms with van der Waals surface area (Å²) >= 11 is 0. The van der Waals surface area contributed by atoms with E-state index in [1.54, 1.807) is 42.5 Å². The molecule has 33 heavy (non-hydrogen) atoms. The van der Waals surface area contributed by atoms with Gasteiger partial charge in [0.05, 0.1) is 23.0 Å². The van der Waals surface area contributed by atoms with Crippen molar-refractivity contribution in [1.29, 1.82) is 0 Å². The van der Waals surface area contributed by atoms with Crippen LogP contribution in [0.1, 0.15) is 21.5 Å². The maximum atomic E-state index is 13.0. The van der Waals surface area contributed by atoms with Gasteiger partial charge in [0.15, 0.2) is 0 Å². The molecule has 0 unspecified atom stereocenters. The van der Waals surface area contributed by atoms with E-state index in [4.69, 9.17) is 0 Å². The van der Waals surface area contributed by atoms with E-state index in [2.05, 4.69) is 15.7 Å². The summed E-state index contributed by atoms with van der Waals surface area (Å²) < 4.78 is 39.0. The molecule has 0 aliphatic heterocycles. The first-order valence-electron chi connectivity index (χ1n) is 9.52. The average Bonchev–Trinajstić information content (AvgIpc) is 2.79. The number of benzene rings is 3. The third kappa shape index (κ3) is 6.26. The molecule has 10 heteroatoms. The lowest BCUT2D eigenvalue weighted by molar-refractivity contribution is -0.137. The van der Waals surface area contributed by atoms with Crippen LogP contribution in [0.25, 0.3) is 0 Å². The Labute approximate surface area is 186 Å². The summed E-state index contributed by atoms with van der Waals surface area (Å²) in [5.41, 5.74) is 1.35. The summed E-state index contributed by atoms with van der Waals surface area (Å²) in [6.45, 7) is 0. The average molecular weight is 454 g/mol. The maximum Gasteiger partial charge on any atom is 0.417 e. The van der Waals surface area contributed by atoms with E-state index >= 15 is 0 Å². The second kappa shape index (κ2) is 10.2. The van der Waals surface area contributed by atoms with Crippen molar-refractivity contribution in [2.45, 2.75) is 6.18 Å². The lowest BCUT2D eigenvalue weighted by Gasteiger charge is -2.11. The van der Waals surface area contributed by atoms with Gasteiger partial charge in [-0.15, -0.1) is 0 Å². The minimum absolute atomic E-state index is 0.0671. The zero-order chi connectivity index (χ0) is 23.8. The molecule has 0 aromatic heterocycles. The number of hydrazone groups is 1. The SMILES string of the molecule is O=C(NN=Cc1ccccc1C(F)(F)F)C(=O)Nc1ccccc1C(=O)Nc1ccccc1. The van der Waals surface area contributed by atoms with Crippen molar-refractivity contribution in [2.24, 2.45) is 5.10 Å². The van der Waals surface area contributed by atoms with Crippen LogP contribution >= 0.6 is 0 Å². The molecule has 3 aromatic rings. The number of para-hydroxylation sites is 2. The highest BCUT2D eigenvalue weighted by atomic mass is 19.4. The van der Waals surface area contributed by atoms with Gasteiger partial charge in [0.25, 0.3) is 5.91 Å². The monoisotopic (exact) mass is 454 g/mol. The van der Waals surface area contributed by atoms with Gasteiger partial charge in [0.1, 0.15) is 0 Å². The minimum atomic E-state index is -4.60. The number of amides is 3. The fourth-order valence-electron chi connectivity index (χ4n) is 2.77. The normalized spacial score (nSPS) is 11.1. The summed E-state index contributed by atoms with van der Waals surface area (Å²) in [4.78, 5) is 36.8. The number of rotatable bonds is 5. The molecule has 7 nitrogen and oxygen atoms in total. The molecule has 3 rings (SSSR count). The van der Waals surface area contributed by atoms with E-state index in [0.717, 1.165) is 12.3 Å². The summed E-state index contributed by atoms with van der Waals surface area (Å²) in [5, 5.41) is 8.39. The predicted molar refractivity (Wildman–Crippen MR) is 117 cm³/mol. The van der Waals surface area contributed by atoms with Gasteiger partial charge in [-0.1, -0.05) is 48.5 Å². The first-order valence-corrected chi connectivity index (χ1v) is 9.52. The molecule has 0 saturated carbocycles. The molecule has 0 saturated heterocycles. The zero-order valence-electron chi connectivity index (χ0n) is 16.9. The number of nitrogens with one attached hydrogen (secondary N) is 3. The molecule has 0 spiro atoms. The lowest BCUT2D eigenvalue weighted by Crippen LogP contribution is -2.33. The van der Waals surface area contributed by atoms with E-state index in [-0.39, 0.29) is 16.8 Å². The van der Waals surface area contributed by atoms with Gasteiger partial charge in [-0.25, -0.2) is 5.43 Å². The van der Waals surface area contributed by atoms with Crippen LogP contribution in [0.15, 0.2) is 84.0 Å². The van der Waals surface area contributed by atoms with Crippen molar-refractivity contribution < 1.29 is 27.6 Å². The molecule has 3 amide bonds. The number of hydrogen-bond donors (Lipinski definition) is 3. The molecule has 168 valence electrons. The molecule has 0 atom stereocenters. The van der Waals surface area contributed by atoms with Gasteiger partial charge in [-0.2, -0.15) is 18.3 Å². The zero-order valence-corrected chi connectivity index (χ0v) is 16.9. The number of alkyl halides is 3. The van der Waals surface area contributed by atoms with Crippen LogP contribution in [0.2, 0.25) is 0 Å². The number of halogens is 3. The smallest absolute Gasteiger partial charge is 0.322 e. The van der Waals surface area contributed by atoms with Crippen molar-refractivity contribution in [3.63, 3.8) is 0 Å². The Kier molecular flexibility index (Phi) is 7.19. The molecule has 3 N–H and O–H groups in total. The fraction of sp³-hybridized carbons (Fsp3) is 0.0435. The molecular weight excluding hydrogens is 437 g/mol.